The lowest BCUT2D eigenvalue weighted by molar-refractivity contribution is 0.260. The molecule has 1 aromatic heterocycles. The van der Waals surface area contributed by atoms with Gasteiger partial charge in [0, 0.05) is 7.05 Å². The second-order valence-electron chi connectivity index (χ2n) is 2.03. The minimum atomic E-state index is -0.424. The highest BCUT2D eigenvalue weighted by molar-refractivity contribution is 4.91. The van der Waals surface area contributed by atoms with E-state index in [1.54, 1.807) is 11.7 Å². The fourth-order valence-electron chi connectivity index (χ4n) is 0.723. The van der Waals surface area contributed by atoms with Gasteiger partial charge in [0.25, 0.3) is 0 Å². The number of aryl methyl sites for hydroxylation is 1. The van der Waals surface area contributed by atoms with Crippen LogP contribution < -0.4 is 5.73 Å². The number of nitrogens with two attached hydrogens (primary N) is 1. The Kier molecular flexibility index (Phi) is 1.98. The first-order valence-electron chi connectivity index (χ1n) is 2.96. The van der Waals surface area contributed by atoms with Gasteiger partial charge in [0.15, 0.2) is 0 Å². The highest BCUT2D eigenvalue weighted by atomic mass is 16.3. The minimum absolute atomic E-state index is 0.105. The Morgan fingerprint density at radius 2 is 2.60 bits per heavy atom. The van der Waals surface area contributed by atoms with E-state index in [1.807, 2.05) is 0 Å². The molecule has 0 saturated heterocycles. The van der Waals surface area contributed by atoms with Crippen LogP contribution in [0.5, 0.6) is 0 Å². The van der Waals surface area contributed by atoms with Crippen LogP contribution >= 0.6 is 0 Å². The van der Waals surface area contributed by atoms with Crippen molar-refractivity contribution in [3.8, 4) is 0 Å². The molecule has 0 amide bonds. The summed E-state index contributed by atoms with van der Waals surface area (Å²) >= 11 is 0. The summed E-state index contributed by atoms with van der Waals surface area (Å²) in [5, 5.41) is 12.4. The number of rotatable bonds is 2. The van der Waals surface area contributed by atoms with E-state index >= 15 is 0 Å². The van der Waals surface area contributed by atoms with Crippen LogP contribution in [0.25, 0.3) is 0 Å². The molecule has 0 aliphatic heterocycles. The number of aromatic nitrogens is 3. The zero-order valence-electron chi connectivity index (χ0n) is 5.73. The molecule has 0 spiro atoms. The fourth-order valence-corrected chi connectivity index (χ4v) is 0.723. The molecule has 10 heavy (non-hydrogen) atoms. The van der Waals surface area contributed by atoms with Crippen molar-refractivity contribution in [3.05, 3.63) is 12.2 Å². The van der Waals surface area contributed by atoms with Gasteiger partial charge in [-0.3, -0.25) is 4.68 Å². The van der Waals surface area contributed by atoms with Crippen molar-refractivity contribution in [1.29, 1.82) is 0 Å². The van der Waals surface area contributed by atoms with Crippen molar-refractivity contribution in [2.24, 2.45) is 12.8 Å². The van der Waals surface area contributed by atoms with Crippen LogP contribution in [0.4, 0.5) is 0 Å². The van der Waals surface area contributed by atoms with Crippen LogP contribution in [0.1, 0.15) is 11.9 Å². The Morgan fingerprint density at radius 3 is 3.00 bits per heavy atom. The van der Waals surface area contributed by atoms with Crippen LogP contribution in [-0.4, -0.2) is 26.5 Å². The van der Waals surface area contributed by atoms with E-state index < -0.39 is 6.04 Å². The molecule has 0 bridgehead atoms. The topological polar surface area (TPSA) is 77.0 Å². The Morgan fingerprint density at radius 1 is 1.90 bits per heavy atom. The standard InChI is InChI=1S/C5H10N4O/c1-9-5(4(6)2-10)7-3-8-9/h3-4,10H,2,6H2,1H3. The number of nitrogens with zero attached hydrogens (tertiary/aromatic N) is 3. The summed E-state index contributed by atoms with van der Waals surface area (Å²) in [6, 6.07) is -0.424. The molecular formula is C5H10N4O. The molecular weight excluding hydrogens is 132 g/mol. The predicted molar refractivity (Wildman–Crippen MR) is 35.0 cm³/mol. The first-order chi connectivity index (χ1) is 4.75. The summed E-state index contributed by atoms with van der Waals surface area (Å²) in [7, 11) is 1.73. The fraction of sp³-hybridized carbons (Fsp3) is 0.600. The smallest absolute Gasteiger partial charge is 0.145 e. The zero-order valence-corrected chi connectivity index (χ0v) is 5.73. The van der Waals surface area contributed by atoms with Crippen molar-refractivity contribution < 1.29 is 5.11 Å². The van der Waals surface area contributed by atoms with E-state index in [-0.39, 0.29) is 6.61 Å². The summed E-state index contributed by atoms with van der Waals surface area (Å²) in [5.41, 5.74) is 5.47. The molecule has 56 valence electrons. The number of hydrogen-bond acceptors (Lipinski definition) is 4. The summed E-state index contributed by atoms with van der Waals surface area (Å²) in [6.07, 6.45) is 1.41. The number of hydrogen-bond donors (Lipinski definition) is 2. The third kappa shape index (κ3) is 1.14. The van der Waals surface area contributed by atoms with Crippen molar-refractivity contribution >= 4 is 0 Å². The van der Waals surface area contributed by atoms with Crippen LogP contribution in [0, 0.1) is 0 Å². The average Bonchev–Trinajstić information content (AvgIpc) is 2.34. The molecule has 0 aromatic carbocycles. The molecule has 1 heterocycles. The Labute approximate surface area is 58.5 Å². The minimum Gasteiger partial charge on any atom is -0.394 e. The molecule has 0 radical (unpaired) electrons. The summed E-state index contributed by atoms with van der Waals surface area (Å²) in [5.74, 6) is 0.600. The van der Waals surface area contributed by atoms with Crippen LogP contribution in [0.15, 0.2) is 6.33 Å². The van der Waals surface area contributed by atoms with Gasteiger partial charge < -0.3 is 10.8 Å². The maximum Gasteiger partial charge on any atom is 0.145 e. The number of aliphatic hydroxyl groups excluding tert-OH is 1. The molecule has 1 atom stereocenters. The first kappa shape index (κ1) is 7.17. The third-order valence-electron chi connectivity index (χ3n) is 1.27. The highest BCUT2D eigenvalue weighted by Gasteiger charge is 2.08. The largest absolute Gasteiger partial charge is 0.394 e. The van der Waals surface area contributed by atoms with Gasteiger partial charge in [-0.05, 0) is 0 Å². The van der Waals surface area contributed by atoms with Crippen LogP contribution in [0.2, 0.25) is 0 Å². The van der Waals surface area contributed by atoms with E-state index in [0.29, 0.717) is 5.82 Å². The third-order valence-corrected chi connectivity index (χ3v) is 1.27. The Hall–Kier alpha value is -0.940. The lowest BCUT2D eigenvalue weighted by Crippen LogP contribution is -2.19. The van der Waals surface area contributed by atoms with Crippen molar-refractivity contribution in [2.45, 2.75) is 6.04 Å². The average molecular weight is 142 g/mol. The van der Waals surface area contributed by atoms with Gasteiger partial charge in [0.2, 0.25) is 0 Å². The lowest BCUT2D eigenvalue weighted by Gasteiger charge is -2.04. The predicted octanol–water partition coefficient (Wildman–Crippen LogP) is -1.19. The molecule has 1 aromatic rings. The molecule has 3 N–H and O–H groups in total. The molecule has 1 rings (SSSR count). The zero-order chi connectivity index (χ0) is 7.56. The van der Waals surface area contributed by atoms with E-state index in [4.69, 9.17) is 10.8 Å². The van der Waals surface area contributed by atoms with E-state index in [2.05, 4.69) is 10.1 Å². The quantitative estimate of drug-likeness (QED) is 0.544. The van der Waals surface area contributed by atoms with Crippen molar-refractivity contribution in [2.75, 3.05) is 6.61 Å². The Bertz CT molecular complexity index is 209. The molecule has 0 aliphatic carbocycles. The van der Waals surface area contributed by atoms with Gasteiger partial charge in [0.05, 0.1) is 12.6 Å². The Balaban J connectivity index is 2.82. The van der Waals surface area contributed by atoms with Gasteiger partial charge in [-0.25, -0.2) is 4.98 Å². The summed E-state index contributed by atoms with van der Waals surface area (Å²) < 4.78 is 1.54. The van der Waals surface area contributed by atoms with Gasteiger partial charge >= 0.3 is 0 Å². The molecule has 0 saturated carbocycles. The first-order valence-corrected chi connectivity index (χ1v) is 2.96. The van der Waals surface area contributed by atoms with Crippen LogP contribution in [-0.2, 0) is 7.05 Å². The normalized spacial score (nSPS) is 13.5. The van der Waals surface area contributed by atoms with Gasteiger partial charge in [-0.1, -0.05) is 0 Å². The maximum absolute atomic E-state index is 8.62. The van der Waals surface area contributed by atoms with Crippen molar-refractivity contribution in [1.82, 2.24) is 14.8 Å². The van der Waals surface area contributed by atoms with E-state index in [1.165, 1.54) is 6.33 Å². The van der Waals surface area contributed by atoms with Gasteiger partial charge in [-0.15, -0.1) is 0 Å². The number of aliphatic hydroxyl groups is 1. The second-order valence-corrected chi connectivity index (χ2v) is 2.03. The van der Waals surface area contributed by atoms with E-state index in [9.17, 15) is 0 Å². The summed E-state index contributed by atoms with van der Waals surface area (Å²) in [6.45, 7) is -0.105. The molecule has 0 fully saturated rings. The second kappa shape index (κ2) is 2.76. The van der Waals surface area contributed by atoms with Crippen molar-refractivity contribution in [3.63, 3.8) is 0 Å². The van der Waals surface area contributed by atoms with E-state index in [0.717, 1.165) is 0 Å². The molecule has 5 nitrogen and oxygen atoms in total. The highest BCUT2D eigenvalue weighted by Crippen LogP contribution is 2.01. The maximum atomic E-state index is 8.62. The monoisotopic (exact) mass is 142 g/mol. The van der Waals surface area contributed by atoms with Crippen LogP contribution in [0.3, 0.4) is 0 Å². The lowest BCUT2D eigenvalue weighted by atomic mass is 10.3. The van der Waals surface area contributed by atoms with Gasteiger partial charge in [0.1, 0.15) is 12.2 Å². The SMILES string of the molecule is Cn1ncnc1C(N)CO. The molecule has 5 heteroatoms. The van der Waals surface area contributed by atoms with Gasteiger partial charge in [-0.2, -0.15) is 5.10 Å². The molecule has 1 unspecified atom stereocenters. The summed E-state index contributed by atoms with van der Waals surface area (Å²) in [4.78, 5) is 3.85. The molecule has 0 aliphatic rings.